The number of nitrogens with one attached hydrogen (secondary N) is 3. The van der Waals surface area contributed by atoms with Crippen LogP contribution in [0.5, 0.6) is 11.5 Å². The molecule has 1 aromatic heterocycles. The summed E-state index contributed by atoms with van der Waals surface area (Å²) < 4.78 is 5.78. The molecular weight excluding hydrogens is 664 g/mol. The number of aromatic amines is 1. The Labute approximate surface area is 300 Å². The molecule has 12 heteroatoms. The smallest absolute Gasteiger partial charge is 0.345 e. The molecule has 52 heavy (non-hydrogen) atoms. The van der Waals surface area contributed by atoms with Crippen molar-refractivity contribution in [2.75, 3.05) is 38.1 Å². The van der Waals surface area contributed by atoms with Gasteiger partial charge >= 0.3 is 5.97 Å². The van der Waals surface area contributed by atoms with Crippen LogP contribution in [0.3, 0.4) is 0 Å². The minimum Gasteiger partial charge on any atom is -0.506 e. The van der Waals surface area contributed by atoms with E-state index in [9.17, 15) is 34.8 Å². The van der Waals surface area contributed by atoms with Crippen LogP contribution < -0.4 is 20.9 Å². The van der Waals surface area contributed by atoms with Crippen LogP contribution in [0.15, 0.2) is 108 Å². The van der Waals surface area contributed by atoms with Crippen LogP contribution in [0.4, 0.5) is 5.69 Å². The number of aliphatic carboxylic acids is 1. The first-order chi connectivity index (χ1) is 25.1. The molecule has 7 N–H and O–H groups in total. The molecule has 3 atom stereocenters. The van der Waals surface area contributed by atoms with E-state index in [0.717, 1.165) is 30.5 Å². The number of piperidine rings is 1. The average Bonchev–Trinajstić information content (AvgIpc) is 3.16. The van der Waals surface area contributed by atoms with Crippen molar-refractivity contribution in [2.45, 2.75) is 37.0 Å². The predicted molar refractivity (Wildman–Crippen MR) is 196 cm³/mol. The van der Waals surface area contributed by atoms with Gasteiger partial charge < -0.3 is 45.7 Å². The monoisotopic (exact) mass is 706 g/mol. The summed E-state index contributed by atoms with van der Waals surface area (Å²) in [5, 5.41) is 49.4. The number of aromatic nitrogens is 1. The van der Waals surface area contributed by atoms with Gasteiger partial charge in [-0.25, -0.2) is 4.79 Å². The highest BCUT2D eigenvalue weighted by Crippen LogP contribution is 2.32. The number of rotatable bonds is 14. The second kappa shape index (κ2) is 16.1. The fourth-order valence-electron chi connectivity index (χ4n) is 6.60. The number of carbonyl (C=O) groups is 2. The summed E-state index contributed by atoms with van der Waals surface area (Å²) in [4.78, 5) is 41.4. The van der Waals surface area contributed by atoms with Crippen LogP contribution in [0.2, 0.25) is 0 Å². The minimum absolute atomic E-state index is 0.0479. The van der Waals surface area contributed by atoms with Gasteiger partial charge in [-0.1, -0.05) is 60.7 Å². The van der Waals surface area contributed by atoms with Gasteiger partial charge in [0.05, 0.1) is 11.6 Å². The second-order valence-corrected chi connectivity index (χ2v) is 13.0. The van der Waals surface area contributed by atoms with Gasteiger partial charge in [-0.2, -0.15) is 0 Å². The van der Waals surface area contributed by atoms with Gasteiger partial charge in [0.2, 0.25) is 11.2 Å². The number of H-pyrrole nitrogens is 1. The molecule has 0 spiro atoms. The molecular formula is C40H42N4O8. The Morgan fingerprint density at radius 3 is 2.50 bits per heavy atom. The van der Waals surface area contributed by atoms with E-state index in [-0.39, 0.29) is 46.7 Å². The van der Waals surface area contributed by atoms with E-state index in [1.165, 1.54) is 24.3 Å². The Balaban J connectivity index is 0.961. The third-order valence-electron chi connectivity index (χ3n) is 9.41. The molecule has 1 aliphatic heterocycles. The summed E-state index contributed by atoms with van der Waals surface area (Å²) in [5.41, 5.74) is 0.717. The number of carboxylic acids is 1. The Kier molecular flexibility index (Phi) is 11.2. The maximum atomic E-state index is 13.1. The minimum atomic E-state index is -2.27. The standard InChI is InChI=1S/C40H42N4O8/c45-34-17-15-32(33-16-18-36(47)43-38(33)34)35(46)23-41-20-19-26-11-13-29(14-12-26)42-30-9-5-21-44(24-30)37(48)25-52-31-10-4-8-28(22-31)40(51,39(49)50)27-6-2-1-3-7-27/h1-4,6-8,10-18,22,30,35,41-42,45-46,51H,5,9,19-21,23-25H2,(H,43,47)(H,49,50)/t30-,35-,40-/m0/s1. The van der Waals surface area contributed by atoms with Gasteiger partial charge in [0.25, 0.3) is 5.91 Å². The SMILES string of the molecule is O=C(COc1cccc([C@](O)(C(=O)O)c2ccccc2)c1)N1CCC[C@H](Nc2ccc(CCNC[C@H](O)c3ccc(O)c4[nH]c(=O)ccc34)cc2)C1. The molecule has 4 aromatic carbocycles. The Morgan fingerprint density at radius 1 is 0.962 bits per heavy atom. The quantitative estimate of drug-likeness (QED) is 0.0836. The highest BCUT2D eigenvalue weighted by molar-refractivity contribution is 5.87. The molecule has 5 aromatic rings. The largest absolute Gasteiger partial charge is 0.506 e. The maximum absolute atomic E-state index is 13.1. The summed E-state index contributed by atoms with van der Waals surface area (Å²) in [5.74, 6) is -1.37. The van der Waals surface area contributed by atoms with Crippen molar-refractivity contribution in [2.24, 2.45) is 0 Å². The molecule has 6 rings (SSSR count). The molecule has 1 saturated heterocycles. The zero-order chi connectivity index (χ0) is 36.7. The Morgan fingerprint density at radius 2 is 1.73 bits per heavy atom. The number of ether oxygens (including phenoxy) is 1. The molecule has 1 aliphatic rings. The summed E-state index contributed by atoms with van der Waals surface area (Å²) in [6.07, 6.45) is 1.65. The zero-order valence-electron chi connectivity index (χ0n) is 28.5. The van der Waals surface area contributed by atoms with E-state index < -0.39 is 17.7 Å². The molecule has 0 aliphatic carbocycles. The molecule has 0 saturated carbocycles. The van der Waals surface area contributed by atoms with Crippen molar-refractivity contribution < 1.29 is 34.8 Å². The van der Waals surface area contributed by atoms with Crippen molar-refractivity contribution in [3.8, 4) is 11.5 Å². The summed E-state index contributed by atoms with van der Waals surface area (Å²) in [6.45, 7) is 1.83. The third kappa shape index (κ3) is 8.26. The number of pyridine rings is 1. The molecule has 2 heterocycles. The molecule has 0 unspecified atom stereocenters. The highest BCUT2D eigenvalue weighted by atomic mass is 16.5. The van der Waals surface area contributed by atoms with Crippen molar-refractivity contribution in [3.05, 3.63) is 136 Å². The third-order valence-corrected chi connectivity index (χ3v) is 9.41. The number of aliphatic hydroxyl groups excluding tert-OH is 1. The number of hydrogen-bond donors (Lipinski definition) is 7. The van der Waals surface area contributed by atoms with Crippen molar-refractivity contribution in [1.29, 1.82) is 0 Å². The van der Waals surface area contributed by atoms with Crippen LogP contribution in [-0.2, 0) is 21.6 Å². The summed E-state index contributed by atoms with van der Waals surface area (Å²) >= 11 is 0. The van der Waals surface area contributed by atoms with Gasteiger partial charge in [0.1, 0.15) is 11.5 Å². The van der Waals surface area contributed by atoms with E-state index in [0.29, 0.717) is 42.6 Å². The molecule has 0 radical (unpaired) electrons. The van der Waals surface area contributed by atoms with Crippen LogP contribution >= 0.6 is 0 Å². The molecule has 1 fully saturated rings. The number of carboxylic acid groups (broad SMARTS) is 1. The molecule has 12 nitrogen and oxygen atoms in total. The first kappa shape index (κ1) is 36.1. The van der Waals surface area contributed by atoms with E-state index in [4.69, 9.17) is 4.74 Å². The number of amides is 1. The first-order valence-electron chi connectivity index (χ1n) is 17.2. The van der Waals surface area contributed by atoms with Gasteiger partial charge in [-0.15, -0.1) is 0 Å². The number of anilines is 1. The van der Waals surface area contributed by atoms with Crippen LogP contribution in [0.25, 0.3) is 10.9 Å². The number of phenols is 1. The number of hydrogen-bond acceptors (Lipinski definition) is 9. The second-order valence-electron chi connectivity index (χ2n) is 13.0. The number of nitrogens with zero attached hydrogens (tertiary/aromatic N) is 1. The fourth-order valence-corrected chi connectivity index (χ4v) is 6.60. The fraction of sp³-hybridized carbons (Fsp3) is 0.275. The Hall–Kier alpha value is -5.69. The predicted octanol–water partition coefficient (Wildman–Crippen LogP) is 3.90. The number of likely N-dealkylation sites (tertiary alicyclic amines) is 1. The van der Waals surface area contributed by atoms with Gasteiger partial charge in [0.15, 0.2) is 6.61 Å². The van der Waals surface area contributed by atoms with Gasteiger partial charge in [0, 0.05) is 48.4 Å². The van der Waals surface area contributed by atoms with Crippen LogP contribution in [-0.4, -0.2) is 81.0 Å². The average molecular weight is 707 g/mol. The van der Waals surface area contributed by atoms with E-state index in [2.05, 4.69) is 15.6 Å². The van der Waals surface area contributed by atoms with Crippen LogP contribution in [0, 0.1) is 0 Å². The van der Waals surface area contributed by atoms with Crippen molar-refractivity contribution in [3.63, 3.8) is 0 Å². The van der Waals surface area contributed by atoms with Crippen molar-refractivity contribution >= 4 is 28.5 Å². The lowest BCUT2D eigenvalue weighted by molar-refractivity contribution is -0.155. The normalized spacial score (nSPS) is 16.2. The number of fused-ring (bicyclic) bond motifs is 1. The number of phenolic OH excluding ortho intramolecular Hbond substituents is 1. The topological polar surface area (TPSA) is 184 Å². The van der Waals surface area contributed by atoms with Crippen molar-refractivity contribution in [1.82, 2.24) is 15.2 Å². The number of carbonyl (C=O) groups excluding carboxylic acids is 1. The van der Waals surface area contributed by atoms with E-state index >= 15 is 0 Å². The lowest BCUT2D eigenvalue weighted by Gasteiger charge is -2.33. The maximum Gasteiger partial charge on any atom is 0.345 e. The van der Waals surface area contributed by atoms with Crippen LogP contribution in [0.1, 0.15) is 41.2 Å². The summed E-state index contributed by atoms with van der Waals surface area (Å²) in [7, 11) is 0. The lowest BCUT2D eigenvalue weighted by atomic mass is 9.86. The molecule has 1 amide bonds. The zero-order valence-corrected chi connectivity index (χ0v) is 28.5. The van der Waals surface area contributed by atoms with E-state index in [1.807, 2.05) is 24.3 Å². The van der Waals surface area contributed by atoms with Gasteiger partial charge in [-0.05, 0) is 78.9 Å². The highest BCUT2D eigenvalue weighted by Gasteiger charge is 2.40. The lowest BCUT2D eigenvalue weighted by Crippen LogP contribution is -2.46. The molecule has 270 valence electrons. The summed E-state index contributed by atoms with van der Waals surface area (Å²) in [6, 6.07) is 28.6. The number of aliphatic hydroxyl groups is 2. The first-order valence-corrected chi connectivity index (χ1v) is 17.2. The Bertz CT molecular complexity index is 2070. The molecule has 0 bridgehead atoms. The van der Waals surface area contributed by atoms with Gasteiger partial charge in [-0.3, -0.25) is 9.59 Å². The number of aromatic hydroxyl groups is 1. The number of benzene rings is 4. The van der Waals surface area contributed by atoms with E-state index in [1.54, 1.807) is 59.5 Å².